The maximum absolute atomic E-state index is 13.6. The summed E-state index contributed by atoms with van der Waals surface area (Å²) >= 11 is 3.14. The molecule has 2 aromatic carbocycles. The van der Waals surface area contributed by atoms with Crippen LogP contribution in [0.3, 0.4) is 0 Å². The fourth-order valence-electron chi connectivity index (χ4n) is 5.63. The number of nitrogens with one attached hydrogen (secondary N) is 2. The molecule has 0 spiro atoms. The number of para-hydroxylation sites is 1. The van der Waals surface area contributed by atoms with E-state index in [4.69, 9.17) is 15.5 Å². The third kappa shape index (κ3) is 6.21. The summed E-state index contributed by atoms with van der Waals surface area (Å²) in [4.78, 5) is 19.7. The first-order valence-electron chi connectivity index (χ1n) is 13.8. The van der Waals surface area contributed by atoms with Crippen molar-refractivity contribution in [2.24, 2.45) is 0 Å². The number of hydrogen-bond acceptors (Lipinski definition) is 9. The highest BCUT2D eigenvalue weighted by molar-refractivity contribution is 7.89. The monoisotopic (exact) mass is 632 g/mol. The third-order valence-electron chi connectivity index (χ3n) is 7.28. The van der Waals surface area contributed by atoms with Crippen LogP contribution in [0.4, 0.5) is 5.00 Å². The lowest BCUT2D eigenvalue weighted by Gasteiger charge is -2.42. The molecule has 43 heavy (non-hydrogen) atoms. The van der Waals surface area contributed by atoms with Gasteiger partial charge in [0.2, 0.25) is 10.0 Å². The van der Waals surface area contributed by atoms with Crippen molar-refractivity contribution in [3.8, 4) is 22.7 Å². The van der Waals surface area contributed by atoms with Crippen LogP contribution in [0, 0.1) is 22.7 Å². The van der Waals surface area contributed by atoms with E-state index < -0.39 is 10.0 Å². The lowest BCUT2D eigenvalue weighted by molar-refractivity contribution is 0.102. The van der Waals surface area contributed by atoms with Crippen molar-refractivity contribution in [2.75, 3.05) is 18.4 Å². The minimum atomic E-state index is -3.94. The minimum absolute atomic E-state index is 0.00302. The van der Waals surface area contributed by atoms with Crippen LogP contribution in [0.1, 0.15) is 61.3 Å². The molecular formula is C31H32N6O3S3. The van der Waals surface area contributed by atoms with E-state index in [9.17, 15) is 13.2 Å². The molecule has 0 saturated carbocycles. The number of hydrogen-bond donors (Lipinski definition) is 2. The second-order valence-corrected chi connectivity index (χ2v) is 15.6. The number of aromatic nitrogens is 1. The van der Waals surface area contributed by atoms with E-state index in [-0.39, 0.29) is 47.8 Å². The van der Waals surface area contributed by atoms with E-state index in [0.29, 0.717) is 10.6 Å². The summed E-state index contributed by atoms with van der Waals surface area (Å²) in [6, 6.07) is 17.6. The first kappa shape index (κ1) is 30.8. The molecule has 222 valence electrons. The summed E-state index contributed by atoms with van der Waals surface area (Å²) in [5, 5.41) is 26.3. The average molecular weight is 633 g/mol. The molecule has 0 radical (unpaired) electrons. The molecule has 3 heterocycles. The fourth-order valence-corrected chi connectivity index (χ4v) is 9.45. The molecular weight excluding hydrogens is 601 g/mol. The highest BCUT2D eigenvalue weighted by atomic mass is 32.2. The predicted molar refractivity (Wildman–Crippen MR) is 170 cm³/mol. The van der Waals surface area contributed by atoms with Gasteiger partial charge in [-0.15, -0.1) is 22.7 Å². The van der Waals surface area contributed by atoms with Crippen LogP contribution in [-0.4, -0.2) is 42.2 Å². The Morgan fingerprint density at radius 2 is 1.67 bits per heavy atom. The third-order valence-corrected chi connectivity index (χ3v) is 11.7. The molecule has 4 aromatic rings. The number of thiazole rings is 1. The molecule has 1 aliphatic heterocycles. The van der Waals surface area contributed by atoms with Crippen molar-refractivity contribution in [1.82, 2.24) is 14.6 Å². The molecule has 9 nitrogen and oxygen atoms in total. The van der Waals surface area contributed by atoms with Crippen LogP contribution >= 0.6 is 22.7 Å². The number of fused-ring (bicyclic) bond motifs is 2. The van der Waals surface area contributed by atoms with Gasteiger partial charge >= 0.3 is 0 Å². The van der Waals surface area contributed by atoms with Crippen LogP contribution in [0.25, 0.3) is 20.8 Å². The molecule has 0 fully saturated rings. The van der Waals surface area contributed by atoms with Crippen molar-refractivity contribution in [3.63, 3.8) is 0 Å². The molecule has 0 aliphatic carbocycles. The number of benzene rings is 2. The van der Waals surface area contributed by atoms with E-state index in [0.717, 1.165) is 36.4 Å². The van der Waals surface area contributed by atoms with E-state index in [2.05, 4.69) is 38.3 Å². The van der Waals surface area contributed by atoms with Crippen molar-refractivity contribution < 1.29 is 13.2 Å². The fraction of sp³-hybridized carbons (Fsp3) is 0.355. The van der Waals surface area contributed by atoms with Crippen molar-refractivity contribution in [1.29, 1.82) is 10.5 Å². The van der Waals surface area contributed by atoms with Gasteiger partial charge < -0.3 is 10.6 Å². The number of sulfonamides is 1. The smallest absolute Gasteiger partial charge is 0.256 e. The van der Waals surface area contributed by atoms with Crippen LogP contribution in [0.15, 0.2) is 53.4 Å². The van der Waals surface area contributed by atoms with Gasteiger partial charge in [0.15, 0.2) is 0 Å². The SMILES string of the molecule is CC1(C)Cc2c(sc(NC(=O)c3ccc(S(=O)(=O)N(CCC#N)CCC#N)cc3)c2-c2nc3ccccc3s2)C(C)(C)N1. The maximum atomic E-state index is 13.6. The van der Waals surface area contributed by atoms with Crippen LogP contribution in [0.5, 0.6) is 0 Å². The Labute approximate surface area is 259 Å². The number of thiophene rings is 1. The van der Waals surface area contributed by atoms with Crippen molar-refractivity contribution >= 4 is 53.8 Å². The van der Waals surface area contributed by atoms with Crippen LogP contribution in [-0.2, 0) is 22.0 Å². The molecule has 0 atom stereocenters. The number of rotatable bonds is 9. The first-order valence-corrected chi connectivity index (χ1v) is 16.9. The molecule has 12 heteroatoms. The Hall–Kier alpha value is -3.65. The average Bonchev–Trinajstić information content (AvgIpc) is 3.53. The van der Waals surface area contributed by atoms with Gasteiger partial charge in [0.1, 0.15) is 10.0 Å². The first-order chi connectivity index (χ1) is 20.4. The second-order valence-electron chi connectivity index (χ2n) is 11.6. The predicted octanol–water partition coefficient (Wildman–Crippen LogP) is 6.25. The second kappa shape index (κ2) is 11.8. The van der Waals surface area contributed by atoms with Gasteiger partial charge in [0, 0.05) is 53.0 Å². The number of amides is 1. The van der Waals surface area contributed by atoms with Crippen molar-refractivity contribution in [2.45, 2.75) is 62.9 Å². The highest BCUT2D eigenvalue weighted by Crippen LogP contribution is 2.50. The summed E-state index contributed by atoms with van der Waals surface area (Å²) < 4.78 is 28.6. The van der Waals surface area contributed by atoms with Gasteiger partial charge in [-0.25, -0.2) is 13.4 Å². The lowest BCUT2D eigenvalue weighted by Crippen LogP contribution is -2.54. The molecule has 0 unspecified atom stereocenters. The maximum Gasteiger partial charge on any atom is 0.256 e. The number of anilines is 1. The van der Waals surface area contributed by atoms with E-state index in [1.54, 1.807) is 22.7 Å². The minimum Gasteiger partial charge on any atom is -0.313 e. The molecule has 5 rings (SSSR count). The molecule has 1 aliphatic rings. The largest absolute Gasteiger partial charge is 0.313 e. The Bertz CT molecular complexity index is 1820. The lowest BCUT2D eigenvalue weighted by atomic mass is 9.81. The van der Waals surface area contributed by atoms with E-state index >= 15 is 0 Å². The summed E-state index contributed by atoms with van der Waals surface area (Å²) in [6.07, 6.45) is 0.789. The van der Waals surface area contributed by atoms with Gasteiger partial charge in [0.25, 0.3) is 5.91 Å². The van der Waals surface area contributed by atoms with Gasteiger partial charge in [-0.1, -0.05) is 12.1 Å². The number of nitriles is 2. The normalized spacial score (nSPS) is 15.5. The topological polar surface area (TPSA) is 139 Å². The number of nitrogens with zero attached hydrogens (tertiary/aromatic N) is 4. The Morgan fingerprint density at radius 1 is 1.02 bits per heavy atom. The molecule has 1 amide bonds. The highest BCUT2D eigenvalue weighted by Gasteiger charge is 2.41. The Kier molecular flexibility index (Phi) is 8.45. The zero-order chi connectivity index (χ0) is 31.0. The number of carbonyl (C=O) groups excluding carboxylic acids is 1. The van der Waals surface area contributed by atoms with Crippen LogP contribution < -0.4 is 10.6 Å². The van der Waals surface area contributed by atoms with Gasteiger partial charge in [-0.3, -0.25) is 4.79 Å². The van der Waals surface area contributed by atoms with Crippen molar-refractivity contribution in [3.05, 3.63) is 64.5 Å². The summed E-state index contributed by atoms with van der Waals surface area (Å²) in [5.74, 6) is -0.360. The Morgan fingerprint density at radius 3 is 2.30 bits per heavy atom. The van der Waals surface area contributed by atoms with E-state index in [1.807, 2.05) is 36.4 Å². The van der Waals surface area contributed by atoms with Gasteiger partial charge in [-0.2, -0.15) is 14.8 Å². The van der Waals surface area contributed by atoms with Gasteiger partial charge in [-0.05, 0) is 76.1 Å². The summed E-state index contributed by atoms with van der Waals surface area (Å²) in [6.45, 7) is 8.62. The molecule has 0 bridgehead atoms. The number of carbonyl (C=O) groups is 1. The Balaban J connectivity index is 1.49. The zero-order valence-electron chi connectivity index (χ0n) is 24.4. The van der Waals surface area contributed by atoms with Gasteiger partial charge in [0.05, 0.1) is 27.3 Å². The molecule has 2 N–H and O–H groups in total. The standard InChI is InChI=1S/C31H32N6O3S3/c1-30(2)19-22-25(28-34-23-9-5-6-10-24(23)41-28)29(42-26(22)31(3,4)36-30)35-27(38)20-11-13-21(14-12-20)43(39,40)37(17-7-15-32)18-8-16-33/h5-6,9-14,36H,7-8,17-19H2,1-4H3,(H,35,38). The molecule has 0 saturated heterocycles. The van der Waals surface area contributed by atoms with Crippen LogP contribution in [0.2, 0.25) is 0 Å². The quantitative estimate of drug-likeness (QED) is 0.222. The molecule has 2 aromatic heterocycles. The summed E-state index contributed by atoms with van der Waals surface area (Å²) in [5.41, 5.74) is 2.82. The van der Waals surface area contributed by atoms with E-state index in [1.165, 1.54) is 29.8 Å². The zero-order valence-corrected chi connectivity index (χ0v) is 26.8. The summed E-state index contributed by atoms with van der Waals surface area (Å²) in [7, 11) is -3.94.